The highest BCUT2D eigenvalue weighted by atomic mass is 16.5. The van der Waals surface area contributed by atoms with Gasteiger partial charge in [-0.25, -0.2) is 9.59 Å². The third-order valence-electron chi connectivity index (χ3n) is 7.34. The molecular weight excluding hydrogens is 540 g/mol. The van der Waals surface area contributed by atoms with Crippen molar-refractivity contribution in [1.29, 1.82) is 0 Å². The highest BCUT2D eigenvalue weighted by Crippen LogP contribution is 2.32. The Kier molecular flexibility index (Phi) is 12.9. The number of carbonyl (C=O) groups excluding carboxylic acids is 4. The highest BCUT2D eigenvalue weighted by Gasteiger charge is 2.31. The molecule has 9 nitrogen and oxygen atoms in total. The number of hydrogen-bond donors (Lipinski definition) is 1. The molecule has 9 heteroatoms. The highest BCUT2D eigenvalue weighted by molar-refractivity contribution is 5.92. The fraction of sp³-hybridized carbons (Fsp3) is 0.424. The summed E-state index contributed by atoms with van der Waals surface area (Å²) in [5.74, 6) is -1.85. The first kappa shape index (κ1) is 32.2. The second kappa shape index (κ2) is 16.9. The fourth-order valence-electron chi connectivity index (χ4n) is 4.93. The average Bonchev–Trinajstić information content (AvgIpc) is 2.99. The molecule has 42 heavy (non-hydrogen) atoms. The summed E-state index contributed by atoms with van der Waals surface area (Å²) in [5.41, 5.74) is 1.27. The van der Waals surface area contributed by atoms with Crippen molar-refractivity contribution in [3.05, 3.63) is 71.8 Å². The van der Waals surface area contributed by atoms with Crippen molar-refractivity contribution in [2.75, 3.05) is 13.2 Å². The van der Waals surface area contributed by atoms with E-state index in [1.165, 1.54) is 12.1 Å². The molecule has 1 fully saturated rings. The summed E-state index contributed by atoms with van der Waals surface area (Å²) in [6.07, 6.45) is 7.96. The zero-order valence-corrected chi connectivity index (χ0v) is 23.8. The number of aldehydes is 1. The molecule has 0 radical (unpaired) electrons. The third kappa shape index (κ3) is 10.3. The van der Waals surface area contributed by atoms with E-state index >= 15 is 0 Å². The number of ether oxygens (including phenoxy) is 3. The molecule has 2 aromatic carbocycles. The normalized spacial score (nSPS) is 16.2. The minimum absolute atomic E-state index is 0.0449. The number of ketones is 1. The first-order chi connectivity index (χ1) is 20.3. The van der Waals surface area contributed by atoms with E-state index in [0.29, 0.717) is 57.2 Å². The van der Waals surface area contributed by atoms with Gasteiger partial charge in [0.2, 0.25) is 0 Å². The lowest BCUT2D eigenvalue weighted by Gasteiger charge is -2.26. The van der Waals surface area contributed by atoms with Gasteiger partial charge in [0.15, 0.2) is 0 Å². The first-order valence-electron chi connectivity index (χ1n) is 14.4. The second-order valence-corrected chi connectivity index (χ2v) is 10.4. The molecule has 2 aromatic rings. The smallest absolute Gasteiger partial charge is 0.339 e. The van der Waals surface area contributed by atoms with Gasteiger partial charge in [0.25, 0.3) is 0 Å². The zero-order valence-electron chi connectivity index (χ0n) is 23.8. The number of unbranched alkanes of at least 4 members (excludes halogenated alkanes) is 3. The van der Waals surface area contributed by atoms with Crippen LogP contribution in [-0.4, -0.2) is 48.3 Å². The number of hydrogen-bond acceptors (Lipinski definition) is 8. The quantitative estimate of drug-likeness (QED) is 0.0870. The third-order valence-corrected chi connectivity index (χ3v) is 7.34. The molecule has 0 aliphatic heterocycles. The van der Waals surface area contributed by atoms with Crippen LogP contribution in [0.4, 0.5) is 0 Å². The molecule has 0 bridgehead atoms. The summed E-state index contributed by atoms with van der Waals surface area (Å²) in [4.78, 5) is 59.0. The first-order valence-corrected chi connectivity index (χ1v) is 14.4. The van der Waals surface area contributed by atoms with E-state index in [1.54, 1.807) is 6.07 Å². The lowest BCUT2D eigenvalue weighted by Crippen LogP contribution is -2.29. The molecule has 224 valence electrons. The predicted molar refractivity (Wildman–Crippen MR) is 155 cm³/mol. The van der Waals surface area contributed by atoms with Gasteiger partial charge in [-0.05, 0) is 86.8 Å². The van der Waals surface area contributed by atoms with E-state index in [1.807, 2.05) is 24.3 Å². The average molecular weight is 579 g/mol. The fourth-order valence-corrected chi connectivity index (χ4v) is 4.93. The summed E-state index contributed by atoms with van der Waals surface area (Å²) >= 11 is 0. The van der Waals surface area contributed by atoms with Gasteiger partial charge >= 0.3 is 17.9 Å². The van der Waals surface area contributed by atoms with Crippen molar-refractivity contribution in [3.63, 3.8) is 0 Å². The van der Waals surface area contributed by atoms with Crippen LogP contribution >= 0.6 is 0 Å². The Morgan fingerprint density at radius 3 is 2.14 bits per heavy atom. The molecule has 0 heterocycles. The summed E-state index contributed by atoms with van der Waals surface area (Å²) in [6, 6.07) is 11.8. The van der Waals surface area contributed by atoms with Crippen LogP contribution in [0.25, 0.3) is 0 Å². The Bertz CT molecular complexity index is 1240. The standard InChI is InChI=1S/C33H38O9/c1-2-31(36)41-20-6-4-3-5-19-40-27-14-7-23(8-15-27)22-29(35)25-10-12-26(13-11-25)33(39)42-30-16-9-24(17-18-34)21-28(30)32(37)38/h2,7-9,14-16,18,21,25-26H,1,3-6,10-13,17,19-20,22H2,(H,37,38). The summed E-state index contributed by atoms with van der Waals surface area (Å²) < 4.78 is 16.2. The lowest BCUT2D eigenvalue weighted by atomic mass is 9.79. The lowest BCUT2D eigenvalue weighted by molar-refractivity contribution is -0.141. The van der Waals surface area contributed by atoms with Crippen molar-refractivity contribution in [2.24, 2.45) is 11.8 Å². The van der Waals surface area contributed by atoms with Crippen molar-refractivity contribution in [3.8, 4) is 11.5 Å². The molecule has 1 aliphatic rings. The summed E-state index contributed by atoms with van der Waals surface area (Å²) in [7, 11) is 0. The molecule has 0 saturated heterocycles. The van der Waals surface area contributed by atoms with Crippen LogP contribution in [0, 0.1) is 11.8 Å². The predicted octanol–water partition coefficient (Wildman–Crippen LogP) is 5.32. The van der Waals surface area contributed by atoms with E-state index in [2.05, 4.69) is 6.58 Å². The molecular formula is C33H38O9. The molecule has 0 unspecified atom stereocenters. The summed E-state index contributed by atoms with van der Waals surface area (Å²) in [6.45, 7) is 4.34. The van der Waals surface area contributed by atoms with Gasteiger partial charge in [0.1, 0.15) is 29.1 Å². The number of carboxylic acid groups (broad SMARTS) is 1. The van der Waals surface area contributed by atoms with Crippen molar-refractivity contribution in [1.82, 2.24) is 0 Å². The number of benzene rings is 2. The van der Waals surface area contributed by atoms with Crippen LogP contribution in [0.1, 0.15) is 72.9 Å². The Morgan fingerprint density at radius 1 is 0.857 bits per heavy atom. The minimum Gasteiger partial charge on any atom is -0.494 e. The Labute approximate surface area is 245 Å². The molecule has 0 amide bonds. The Morgan fingerprint density at radius 2 is 1.50 bits per heavy atom. The number of carboxylic acids is 1. The Hall–Kier alpha value is -4.27. The maximum atomic E-state index is 12.9. The number of esters is 2. The van der Waals surface area contributed by atoms with Crippen LogP contribution in [0.15, 0.2) is 55.1 Å². The van der Waals surface area contributed by atoms with E-state index < -0.39 is 23.8 Å². The van der Waals surface area contributed by atoms with Gasteiger partial charge < -0.3 is 24.1 Å². The van der Waals surface area contributed by atoms with Gasteiger partial charge in [0, 0.05) is 24.8 Å². The molecule has 0 atom stereocenters. The second-order valence-electron chi connectivity index (χ2n) is 10.4. The van der Waals surface area contributed by atoms with E-state index in [9.17, 15) is 29.1 Å². The van der Waals surface area contributed by atoms with E-state index in [-0.39, 0.29) is 29.4 Å². The number of carbonyl (C=O) groups is 5. The summed E-state index contributed by atoms with van der Waals surface area (Å²) in [5, 5.41) is 9.48. The number of aromatic carboxylic acids is 1. The zero-order chi connectivity index (χ0) is 30.3. The SMILES string of the molecule is C=CC(=O)OCCCCCCOc1ccc(CC(=O)C2CCC(C(=O)Oc3ccc(CC=O)cc3C(=O)O)CC2)cc1. The molecule has 1 saturated carbocycles. The Balaban J connectivity index is 1.37. The number of rotatable bonds is 17. The van der Waals surface area contributed by atoms with Crippen LogP contribution in [0.5, 0.6) is 11.5 Å². The van der Waals surface area contributed by atoms with Crippen molar-refractivity contribution in [2.45, 2.75) is 64.2 Å². The maximum absolute atomic E-state index is 12.9. The van der Waals surface area contributed by atoms with Crippen LogP contribution in [0.2, 0.25) is 0 Å². The van der Waals surface area contributed by atoms with Gasteiger partial charge in [-0.3, -0.25) is 9.59 Å². The van der Waals surface area contributed by atoms with Crippen molar-refractivity contribution < 1.29 is 43.3 Å². The topological polar surface area (TPSA) is 133 Å². The van der Waals surface area contributed by atoms with Crippen molar-refractivity contribution >= 4 is 30.0 Å². The van der Waals surface area contributed by atoms with Gasteiger partial charge in [-0.15, -0.1) is 0 Å². The van der Waals surface area contributed by atoms with Crippen LogP contribution < -0.4 is 9.47 Å². The van der Waals surface area contributed by atoms with Gasteiger partial charge in [0.05, 0.1) is 19.1 Å². The van der Waals surface area contributed by atoms with E-state index in [0.717, 1.165) is 43.1 Å². The molecule has 0 spiro atoms. The molecule has 1 aliphatic carbocycles. The largest absolute Gasteiger partial charge is 0.494 e. The molecule has 1 N–H and O–H groups in total. The van der Waals surface area contributed by atoms with Gasteiger partial charge in [-0.2, -0.15) is 0 Å². The van der Waals surface area contributed by atoms with Gasteiger partial charge in [-0.1, -0.05) is 24.8 Å². The van der Waals surface area contributed by atoms with Crippen LogP contribution in [-0.2, 0) is 36.8 Å². The maximum Gasteiger partial charge on any atom is 0.339 e. The van der Waals surface area contributed by atoms with Crippen LogP contribution in [0.3, 0.4) is 0 Å². The molecule has 0 aromatic heterocycles. The molecule has 3 rings (SSSR count). The number of Topliss-reactive ketones (excluding diaryl/α,β-unsaturated/α-hetero) is 1. The monoisotopic (exact) mass is 578 g/mol. The minimum atomic E-state index is -1.24. The van der Waals surface area contributed by atoms with E-state index in [4.69, 9.17) is 14.2 Å².